The number of fused-ring (bicyclic) bond motifs is 1. The van der Waals surface area contributed by atoms with Gasteiger partial charge in [-0.3, -0.25) is 4.79 Å². The molecule has 4 aromatic rings. The molecule has 2 heterocycles. The maximum atomic E-state index is 13.2. The SMILES string of the molecule is Cc1cc(C(C)Nc2ccccc2C(=O)O)c2oc(-c3ccc(F)nc3)cc(=O)c2c1.O=C(O)C(F)(F)F. The molecule has 2 aromatic heterocycles. The van der Waals surface area contributed by atoms with E-state index in [4.69, 9.17) is 14.3 Å². The second-order valence-corrected chi connectivity index (χ2v) is 8.10. The van der Waals surface area contributed by atoms with Crippen molar-refractivity contribution < 1.29 is 41.8 Å². The molecule has 12 heteroatoms. The van der Waals surface area contributed by atoms with Crippen LogP contribution < -0.4 is 10.7 Å². The van der Waals surface area contributed by atoms with Gasteiger partial charge in [-0.2, -0.15) is 17.6 Å². The van der Waals surface area contributed by atoms with E-state index >= 15 is 0 Å². The number of anilines is 1. The lowest BCUT2D eigenvalue weighted by Gasteiger charge is -2.19. The van der Waals surface area contributed by atoms with Crippen LogP contribution in [0, 0.1) is 12.9 Å². The maximum Gasteiger partial charge on any atom is 0.490 e. The summed E-state index contributed by atoms with van der Waals surface area (Å²) in [4.78, 5) is 36.9. The van der Waals surface area contributed by atoms with E-state index in [1.807, 2.05) is 19.9 Å². The van der Waals surface area contributed by atoms with Crippen LogP contribution in [0.25, 0.3) is 22.3 Å². The molecule has 1 unspecified atom stereocenters. The van der Waals surface area contributed by atoms with Gasteiger partial charge in [-0.05, 0) is 49.7 Å². The van der Waals surface area contributed by atoms with Gasteiger partial charge in [0.1, 0.15) is 11.3 Å². The van der Waals surface area contributed by atoms with Crippen molar-refractivity contribution in [3.05, 3.63) is 93.7 Å². The number of halogens is 4. The summed E-state index contributed by atoms with van der Waals surface area (Å²) in [5.41, 5.74) is 2.79. The second-order valence-electron chi connectivity index (χ2n) is 8.10. The Balaban J connectivity index is 0.000000505. The predicted molar refractivity (Wildman–Crippen MR) is 130 cm³/mol. The highest BCUT2D eigenvalue weighted by molar-refractivity contribution is 5.94. The van der Waals surface area contributed by atoms with Gasteiger partial charge in [0.15, 0.2) is 5.43 Å². The molecule has 0 amide bonds. The first-order chi connectivity index (χ1) is 17.8. The number of aliphatic carboxylic acids is 1. The fourth-order valence-electron chi connectivity index (χ4n) is 3.53. The quantitative estimate of drug-likeness (QED) is 0.217. The monoisotopic (exact) mass is 532 g/mol. The molecule has 2 aromatic carbocycles. The van der Waals surface area contributed by atoms with Crippen LogP contribution in [0.1, 0.15) is 34.5 Å². The van der Waals surface area contributed by atoms with Crippen molar-refractivity contribution in [3.8, 4) is 11.3 Å². The van der Waals surface area contributed by atoms with Gasteiger partial charge in [-0.25, -0.2) is 14.6 Å². The molecule has 0 saturated carbocycles. The van der Waals surface area contributed by atoms with E-state index < -0.39 is 24.1 Å². The number of aromatic carboxylic acids is 1. The molecule has 0 aliphatic rings. The summed E-state index contributed by atoms with van der Waals surface area (Å²) in [6.07, 6.45) is -3.78. The standard InChI is InChI=1S/C24H19FN2O4.C2HF3O2/c1-13-9-17(14(2)27-19-6-4-3-5-16(19)24(29)30)23-18(10-13)20(28)11-21(31-23)15-7-8-22(25)26-12-15;3-2(4,5)1(6)7/h3-12,14,27H,1-2H3,(H,29,30);(H,6,7). The van der Waals surface area contributed by atoms with Gasteiger partial charge in [0.2, 0.25) is 5.95 Å². The zero-order valence-electron chi connectivity index (χ0n) is 19.8. The number of hydrogen-bond acceptors (Lipinski definition) is 6. The summed E-state index contributed by atoms with van der Waals surface area (Å²) in [5.74, 6) is -4.15. The van der Waals surface area contributed by atoms with Crippen molar-refractivity contribution in [1.29, 1.82) is 0 Å². The van der Waals surface area contributed by atoms with E-state index in [9.17, 15) is 32.3 Å². The summed E-state index contributed by atoms with van der Waals surface area (Å²) in [6.45, 7) is 3.73. The Bertz CT molecular complexity index is 1550. The molecule has 0 saturated heterocycles. The summed E-state index contributed by atoms with van der Waals surface area (Å²) >= 11 is 0. The molecular formula is C26H20F4N2O6. The fraction of sp³-hybridized carbons (Fsp3) is 0.154. The molecule has 0 aliphatic heterocycles. The molecule has 0 bridgehead atoms. The van der Waals surface area contributed by atoms with Gasteiger partial charge < -0.3 is 19.9 Å². The van der Waals surface area contributed by atoms with Crippen LogP contribution in [0.5, 0.6) is 0 Å². The predicted octanol–water partition coefficient (Wildman–Crippen LogP) is 5.81. The van der Waals surface area contributed by atoms with Crippen LogP contribution in [-0.2, 0) is 4.79 Å². The number of aryl methyl sites for hydroxylation is 1. The number of carbonyl (C=O) groups is 2. The molecule has 8 nitrogen and oxygen atoms in total. The summed E-state index contributed by atoms with van der Waals surface area (Å²) < 4.78 is 51.0. The Kier molecular flexibility index (Phi) is 8.14. The number of nitrogens with one attached hydrogen (secondary N) is 1. The van der Waals surface area contributed by atoms with E-state index in [1.165, 1.54) is 30.5 Å². The highest BCUT2D eigenvalue weighted by atomic mass is 19.4. The average Bonchev–Trinajstić information content (AvgIpc) is 2.84. The number of nitrogens with zero attached hydrogens (tertiary/aromatic N) is 1. The third-order valence-electron chi connectivity index (χ3n) is 5.25. The third-order valence-corrected chi connectivity index (χ3v) is 5.25. The van der Waals surface area contributed by atoms with Crippen LogP contribution >= 0.6 is 0 Å². The number of carboxylic acids is 2. The van der Waals surface area contributed by atoms with Crippen molar-refractivity contribution >= 4 is 28.6 Å². The minimum Gasteiger partial charge on any atom is -0.478 e. The Labute approximate surface area is 212 Å². The minimum absolute atomic E-state index is 0.144. The van der Waals surface area contributed by atoms with E-state index in [0.717, 1.165) is 5.56 Å². The molecule has 4 rings (SSSR count). The van der Waals surface area contributed by atoms with Crippen LogP contribution in [0.4, 0.5) is 23.2 Å². The van der Waals surface area contributed by atoms with Crippen molar-refractivity contribution in [2.45, 2.75) is 26.1 Å². The number of alkyl halides is 3. The van der Waals surface area contributed by atoms with Crippen LogP contribution in [0.15, 0.2) is 70.0 Å². The zero-order chi connectivity index (χ0) is 28.2. The van der Waals surface area contributed by atoms with E-state index in [0.29, 0.717) is 27.8 Å². The van der Waals surface area contributed by atoms with Gasteiger partial charge in [0, 0.05) is 29.1 Å². The van der Waals surface area contributed by atoms with E-state index in [-0.39, 0.29) is 22.8 Å². The third kappa shape index (κ3) is 6.52. The number of rotatable bonds is 5. The molecule has 0 aliphatic carbocycles. The topological polar surface area (TPSA) is 130 Å². The molecule has 3 N–H and O–H groups in total. The lowest BCUT2D eigenvalue weighted by atomic mass is 10.00. The lowest BCUT2D eigenvalue weighted by Crippen LogP contribution is -2.21. The first-order valence-corrected chi connectivity index (χ1v) is 10.9. The normalized spacial score (nSPS) is 11.8. The molecule has 0 radical (unpaired) electrons. The number of hydrogen-bond donors (Lipinski definition) is 3. The Morgan fingerprint density at radius 1 is 1.05 bits per heavy atom. The van der Waals surface area contributed by atoms with Gasteiger partial charge in [-0.1, -0.05) is 18.2 Å². The van der Waals surface area contributed by atoms with E-state index in [2.05, 4.69) is 10.3 Å². The molecule has 0 spiro atoms. The molecule has 1 atom stereocenters. The van der Waals surface area contributed by atoms with Gasteiger partial charge in [-0.15, -0.1) is 0 Å². The lowest BCUT2D eigenvalue weighted by molar-refractivity contribution is -0.192. The molecular weight excluding hydrogens is 512 g/mol. The van der Waals surface area contributed by atoms with Crippen LogP contribution in [0.2, 0.25) is 0 Å². The average molecular weight is 532 g/mol. The smallest absolute Gasteiger partial charge is 0.478 e. The Hall–Kier alpha value is -4.74. The van der Waals surface area contributed by atoms with Crippen molar-refractivity contribution in [1.82, 2.24) is 4.98 Å². The van der Waals surface area contributed by atoms with Crippen molar-refractivity contribution in [3.63, 3.8) is 0 Å². The maximum absolute atomic E-state index is 13.2. The molecule has 198 valence electrons. The Morgan fingerprint density at radius 3 is 2.29 bits per heavy atom. The summed E-state index contributed by atoms with van der Waals surface area (Å²) in [7, 11) is 0. The van der Waals surface area contributed by atoms with Crippen LogP contribution in [0.3, 0.4) is 0 Å². The first-order valence-electron chi connectivity index (χ1n) is 10.9. The summed E-state index contributed by atoms with van der Waals surface area (Å²) in [5, 5.41) is 20.2. The number of aromatic nitrogens is 1. The summed E-state index contributed by atoms with van der Waals surface area (Å²) in [6, 6.07) is 13.9. The highest BCUT2D eigenvalue weighted by Crippen LogP contribution is 2.31. The van der Waals surface area contributed by atoms with Gasteiger partial charge in [0.05, 0.1) is 17.0 Å². The molecule has 0 fully saturated rings. The number of carboxylic acid groups (broad SMARTS) is 2. The minimum atomic E-state index is -5.08. The highest BCUT2D eigenvalue weighted by Gasteiger charge is 2.38. The second kappa shape index (κ2) is 11.1. The van der Waals surface area contributed by atoms with Crippen molar-refractivity contribution in [2.24, 2.45) is 0 Å². The molecule has 38 heavy (non-hydrogen) atoms. The first kappa shape index (κ1) is 27.8. The van der Waals surface area contributed by atoms with E-state index in [1.54, 1.807) is 24.3 Å². The number of para-hydroxylation sites is 1. The number of pyridine rings is 1. The van der Waals surface area contributed by atoms with Crippen molar-refractivity contribution in [2.75, 3.05) is 5.32 Å². The fourth-order valence-corrected chi connectivity index (χ4v) is 3.53. The van der Waals surface area contributed by atoms with Gasteiger partial charge >= 0.3 is 18.1 Å². The number of benzene rings is 2. The zero-order valence-corrected chi connectivity index (χ0v) is 19.8. The largest absolute Gasteiger partial charge is 0.490 e. The Morgan fingerprint density at radius 2 is 1.71 bits per heavy atom. The van der Waals surface area contributed by atoms with Gasteiger partial charge in [0.25, 0.3) is 0 Å². The van der Waals surface area contributed by atoms with Crippen LogP contribution in [-0.4, -0.2) is 33.3 Å².